The van der Waals surface area contributed by atoms with Gasteiger partial charge in [0.05, 0.1) is 12.1 Å². The predicted octanol–water partition coefficient (Wildman–Crippen LogP) is 3.10. The number of hydrogen-bond acceptors (Lipinski definition) is 4. The highest BCUT2D eigenvalue weighted by atomic mass is 16.5. The molecule has 0 aromatic heterocycles. The Morgan fingerprint density at radius 2 is 1.76 bits per heavy atom. The van der Waals surface area contributed by atoms with E-state index in [1.807, 2.05) is 32.0 Å². The molecule has 0 aliphatic rings. The standard InChI is InChI=1S/C17H31N3O/c1-7-20(8-2)17(5,6)16(19-18)14-11-9-10-12-15(14)21-13(3)4/h9-13,16,19H,7-8,18H2,1-6H3. The zero-order valence-electron chi connectivity index (χ0n) is 14.3. The van der Waals surface area contributed by atoms with E-state index in [1.54, 1.807) is 0 Å². The van der Waals surface area contributed by atoms with Gasteiger partial charge in [0.25, 0.3) is 0 Å². The topological polar surface area (TPSA) is 50.5 Å². The van der Waals surface area contributed by atoms with Gasteiger partial charge in [-0.05, 0) is 46.9 Å². The maximum atomic E-state index is 5.96. The van der Waals surface area contributed by atoms with Crippen LogP contribution in [0.1, 0.15) is 53.1 Å². The van der Waals surface area contributed by atoms with Crippen LogP contribution >= 0.6 is 0 Å². The Labute approximate surface area is 129 Å². The number of hydrogen-bond donors (Lipinski definition) is 2. The summed E-state index contributed by atoms with van der Waals surface area (Å²) in [6.45, 7) is 14.8. The third-order valence-electron chi connectivity index (χ3n) is 4.04. The van der Waals surface area contributed by atoms with Gasteiger partial charge in [0.15, 0.2) is 0 Å². The molecule has 1 unspecified atom stereocenters. The van der Waals surface area contributed by atoms with Crippen LogP contribution in [-0.2, 0) is 0 Å². The second kappa shape index (κ2) is 7.78. The lowest BCUT2D eigenvalue weighted by Crippen LogP contribution is -2.54. The van der Waals surface area contributed by atoms with Crippen LogP contribution in [0.3, 0.4) is 0 Å². The Balaban J connectivity index is 3.21. The number of likely N-dealkylation sites (N-methyl/N-ethyl adjacent to an activating group) is 1. The molecule has 0 aliphatic carbocycles. The zero-order valence-corrected chi connectivity index (χ0v) is 14.3. The van der Waals surface area contributed by atoms with Gasteiger partial charge in [0.1, 0.15) is 5.75 Å². The molecule has 120 valence electrons. The first-order valence-electron chi connectivity index (χ1n) is 7.85. The molecule has 1 aromatic rings. The zero-order chi connectivity index (χ0) is 16.0. The normalized spacial score (nSPS) is 13.8. The van der Waals surface area contributed by atoms with Gasteiger partial charge in [-0.25, -0.2) is 0 Å². The largest absolute Gasteiger partial charge is 0.491 e. The average molecular weight is 293 g/mol. The monoisotopic (exact) mass is 293 g/mol. The number of nitrogens with two attached hydrogens (primary N) is 1. The Hall–Kier alpha value is -1.10. The SMILES string of the molecule is CCN(CC)C(C)(C)C(NN)c1ccccc1OC(C)C. The van der Waals surface area contributed by atoms with Crippen molar-refractivity contribution >= 4 is 0 Å². The number of hydrazine groups is 1. The number of ether oxygens (including phenoxy) is 1. The summed E-state index contributed by atoms with van der Waals surface area (Å²) in [4.78, 5) is 2.41. The van der Waals surface area contributed by atoms with E-state index in [1.165, 1.54) is 0 Å². The van der Waals surface area contributed by atoms with Crippen molar-refractivity contribution in [2.75, 3.05) is 13.1 Å². The number of nitrogens with zero attached hydrogens (tertiary/aromatic N) is 1. The highest BCUT2D eigenvalue weighted by Crippen LogP contribution is 2.35. The molecular formula is C17H31N3O. The van der Waals surface area contributed by atoms with Crippen molar-refractivity contribution < 1.29 is 4.74 Å². The lowest BCUT2D eigenvalue weighted by atomic mass is 9.86. The number of para-hydroxylation sites is 1. The van der Waals surface area contributed by atoms with Crippen LogP contribution in [0.15, 0.2) is 24.3 Å². The van der Waals surface area contributed by atoms with Crippen molar-refractivity contribution in [3.8, 4) is 5.75 Å². The molecular weight excluding hydrogens is 262 g/mol. The van der Waals surface area contributed by atoms with E-state index in [9.17, 15) is 0 Å². The lowest BCUT2D eigenvalue weighted by Gasteiger charge is -2.43. The van der Waals surface area contributed by atoms with Gasteiger partial charge in [-0.1, -0.05) is 32.0 Å². The van der Waals surface area contributed by atoms with E-state index >= 15 is 0 Å². The Bertz CT molecular complexity index is 428. The summed E-state index contributed by atoms with van der Waals surface area (Å²) in [5, 5.41) is 0. The van der Waals surface area contributed by atoms with Crippen LogP contribution in [0.4, 0.5) is 0 Å². The quantitative estimate of drug-likeness (QED) is 0.571. The molecule has 1 rings (SSSR count). The Morgan fingerprint density at radius 1 is 1.19 bits per heavy atom. The molecule has 3 N–H and O–H groups in total. The van der Waals surface area contributed by atoms with Crippen LogP contribution < -0.4 is 16.0 Å². The van der Waals surface area contributed by atoms with E-state index in [-0.39, 0.29) is 17.7 Å². The van der Waals surface area contributed by atoms with Crippen molar-refractivity contribution in [3.63, 3.8) is 0 Å². The van der Waals surface area contributed by atoms with Gasteiger partial charge in [-0.15, -0.1) is 0 Å². The third-order valence-corrected chi connectivity index (χ3v) is 4.04. The molecule has 0 bridgehead atoms. The minimum Gasteiger partial charge on any atom is -0.491 e. The molecule has 4 nitrogen and oxygen atoms in total. The maximum absolute atomic E-state index is 5.96. The molecule has 0 spiro atoms. The van der Waals surface area contributed by atoms with E-state index in [0.717, 1.165) is 24.4 Å². The van der Waals surface area contributed by atoms with Crippen LogP contribution in [0.5, 0.6) is 5.75 Å². The van der Waals surface area contributed by atoms with E-state index in [4.69, 9.17) is 10.6 Å². The molecule has 21 heavy (non-hydrogen) atoms. The molecule has 0 amide bonds. The molecule has 0 saturated carbocycles. The van der Waals surface area contributed by atoms with Crippen LogP contribution in [0.25, 0.3) is 0 Å². The number of benzene rings is 1. The summed E-state index contributed by atoms with van der Waals surface area (Å²) in [6, 6.07) is 8.13. The molecule has 0 saturated heterocycles. The summed E-state index contributed by atoms with van der Waals surface area (Å²) >= 11 is 0. The van der Waals surface area contributed by atoms with Crippen LogP contribution in [0.2, 0.25) is 0 Å². The van der Waals surface area contributed by atoms with Crippen LogP contribution in [-0.4, -0.2) is 29.6 Å². The summed E-state index contributed by atoms with van der Waals surface area (Å²) in [5.41, 5.74) is 3.99. The molecule has 0 heterocycles. The smallest absolute Gasteiger partial charge is 0.124 e. The van der Waals surface area contributed by atoms with Crippen molar-refractivity contribution in [2.45, 2.75) is 59.2 Å². The molecule has 0 aliphatic heterocycles. The van der Waals surface area contributed by atoms with Gasteiger partial charge in [-0.3, -0.25) is 16.2 Å². The summed E-state index contributed by atoms with van der Waals surface area (Å²) in [7, 11) is 0. The fourth-order valence-corrected chi connectivity index (χ4v) is 2.98. The van der Waals surface area contributed by atoms with Gasteiger partial charge in [0.2, 0.25) is 0 Å². The molecule has 4 heteroatoms. The summed E-state index contributed by atoms with van der Waals surface area (Å²) < 4.78 is 5.96. The molecule has 1 aromatic carbocycles. The average Bonchev–Trinajstić information content (AvgIpc) is 2.41. The number of nitrogens with one attached hydrogen (secondary N) is 1. The van der Waals surface area contributed by atoms with Crippen molar-refractivity contribution in [3.05, 3.63) is 29.8 Å². The first-order valence-corrected chi connectivity index (χ1v) is 7.85. The fraction of sp³-hybridized carbons (Fsp3) is 0.647. The first kappa shape index (κ1) is 18.0. The van der Waals surface area contributed by atoms with E-state index in [0.29, 0.717) is 0 Å². The molecule has 0 radical (unpaired) electrons. The Kier molecular flexibility index (Phi) is 6.65. The Morgan fingerprint density at radius 3 is 2.24 bits per heavy atom. The van der Waals surface area contributed by atoms with Gasteiger partial charge < -0.3 is 4.74 Å². The fourth-order valence-electron chi connectivity index (χ4n) is 2.98. The highest BCUT2D eigenvalue weighted by Gasteiger charge is 2.36. The van der Waals surface area contributed by atoms with Crippen molar-refractivity contribution in [2.24, 2.45) is 5.84 Å². The first-order chi connectivity index (χ1) is 9.88. The second-order valence-electron chi connectivity index (χ2n) is 6.13. The van der Waals surface area contributed by atoms with Crippen molar-refractivity contribution in [1.82, 2.24) is 10.3 Å². The van der Waals surface area contributed by atoms with E-state index in [2.05, 4.69) is 44.1 Å². The van der Waals surface area contributed by atoms with Gasteiger partial charge >= 0.3 is 0 Å². The van der Waals surface area contributed by atoms with Crippen molar-refractivity contribution in [1.29, 1.82) is 0 Å². The van der Waals surface area contributed by atoms with Gasteiger partial charge in [-0.2, -0.15) is 0 Å². The van der Waals surface area contributed by atoms with E-state index < -0.39 is 0 Å². The maximum Gasteiger partial charge on any atom is 0.124 e. The summed E-state index contributed by atoms with van der Waals surface area (Å²) in [6.07, 6.45) is 0.140. The molecule has 0 fully saturated rings. The van der Waals surface area contributed by atoms with Crippen LogP contribution in [0, 0.1) is 0 Å². The molecule has 1 atom stereocenters. The second-order valence-corrected chi connectivity index (χ2v) is 6.13. The lowest BCUT2D eigenvalue weighted by molar-refractivity contribution is 0.0890. The predicted molar refractivity (Wildman–Crippen MR) is 89.3 cm³/mol. The third kappa shape index (κ3) is 4.19. The number of rotatable bonds is 8. The highest BCUT2D eigenvalue weighted by molar-refractivity contribution is 5.38. The minimum atomic E-state index is -0.116. The minimum absolute atomic E-state index is 0.00708. The summed E-state index contributed by atoms with van der Waals surface area (Å²) in [5.74, 6) is 6.80. The van der Waals surface area contributed by atoms with Gasteiger partial charge in [0, 0.05) is 11.1 Å².